The number of hydrogen-bond acceptors (Lipinski definition) is 6. The van der Waals surface area contributed by atoms with E-state index >= 15 is 0 Å². The molecule has 0 aromatic heterocycles. The van der Waals surface area contributed by atoms with Crippen molar-refractivity contribution in [2.75, 3.05) is 26.4 Å². The van der Waals surface area contributed by atoms with E-state index in [1.165, 1.54) is 128 Å². The summed E-state index contributed by atoms with van der Waals surface area (Å²) in [5, 5.41) is 0. The fraction of sp³-hybridized carbons (Fsp3) is 1.00. The second kappa shape index (κ2) is 22.4. The van der Waals surface area contributed by atoms with Gasteiger partial charge in [-0.1, -0.05) is 158 Å². The van der Waals surface area contributed by atoms with Gasteiger partial charge in [0, 0.05) is 0 Å². The summed E-state index contributed by atoms with van der Waals surface area (Å²) in [5.41, 5.74) is 0.132. The molecule has 0 bridgehead atoms. The van der Waals surface area contributed by atoms with Crippen molar-refractivity contribution in [2.45, 2.75) is 209 Å². The SMILES string of the molecule is CCCCCCCCCC1CCC(OP2OCC3(CO2)COP(OC2CCC(CCCCCCCCC)CC2C(C)(C)C)OC3)C(C(C)(C)C)C1. The predicted molar refractivity (Wildman–Crippen MR) is 216 cm³/mol. The molecule has 0 N–H and O–H groups in total. The van der Waals surface area contributed by atoms with Gasteiger partial charge in [-0.15, -0.1) is 0 Å². The Hall–Kier alpha value is 0.620. The van der Waals surface area contributed by atoms with Crippen molar-refractivity contribution in [2.24, 2.45) is 39.9 Å². The van der Waals surface area contributed by atoms with Crippen LogP contribution in [0.2, 0.25) is 0 Å². The Kier molecular flexibility index (Phi) is 19.5. The van der Waals surface area contributed by atoms with Gasteiger partial charge in [0.05, 0.1) is 44.1 Å². The zero-order chi connectivity index (χ0) is 36.7. The van der Waals surface area contributed by atoms with Crippen molar-refractivity contribution in [3.63, 3.8) is 0 Å². The van der Waals surface area contributed by atoms with Crippen LogP contribution in [-0.4, -0.2) is 38.6 Å². The maximum atomic E-state index is 6.68. The Balaban J connectivity index is 1.15. The third-order valence-electron chi connectivity index (χ3n) is 12.8. The third kappa shape index (κ3) is 15.2. The predicted octanol–water partition coefficient (Wildman–Crippen LogP) is 14.5. The molecule has 4 fully saturated rings. The summed E-state index contributed by atoms with van der Waals surface area (Å²) in [7, 11) is -2.70. The lowest BCUT2D eigenvalue weighted by molar-refractivity contribution is -0.0955. The van der Waals surface area contributed by atoms with Gasteiger partial charge in [0.1, 0.15) is 0 Å². The maximum Gasteiger partial charge on any atom is 0.332 e. The van der Waals surface area contributed by atoms with Gasteiger partial charge in [-0.25, -0.2) is 0 Å². The van der Waals surface area contributed by atoms with Crippen molar-refractivity contribution in [3.8, 4) is 0 Å². The summed E-state index contributed by atoms with van der Waals surface area (Å²) in [5.74, 6) is 2.71. The minimum absolute atomic E-state index is 0.205. The van der Waals surface area contributed by atoms with E-state index in [9.17, 15) is 0 Å². The Morgan fingerprint density at radius 3 is 1.16 bits per heavy atom. The topological polar surface area (TPSA) is 55.4 Å². The Morgan fingerprint density at radius 2 is 0.824 bits per heavy atom. The van der Waals surface area contributed by atoms with E-state index in [4.69, 9.17) is 27.1 Å². The van der Waals surface area contributed by atoms with Gasteiger partial charge in [0.15, 0.2) is 0 Å². The Labute approximate surface area is 318 Å². The highest BCUT2D eigenvalue weighted by atomic mass is 31.2. The molecule has 300 valence electrons. The molecule has 2 aliphatic carbocycles. The molecule has 2 aliphatic heterocycles. The molecule has 2 heterocycles. The molecule has 0 radical (unpaired) electrons. The molecule has 8 heteroatoms. The van der Waals surface area contributed by atoms with E-state index in [1.807, 2.05) is 0 Å². The van der Waals surface area contributed by atoms with E-state index in [0.29, 0.717) is 38.3 Å². The zero-order valence-corrected chi connectivity index (χ0v) is 36.5. The quantitative estimate of drug-likeness (QED) is 0.0911. The van der Waals surface area contributed by atoms with Gasteiger partial charge in [-0.05, 0) is 73.0 Å². The first kappa shape index (κ1) is 44.3. The molecule has 0 aromatic carbocycles. The Bertz CT molecular complexity index is 843. The average molecular weight is 757 g/mol. The van der Waals surface area contributed by atoms with Crippen molar-refractivity contribution in [1.29, 1.82) is 0 Å². The lowest BCUT2D eigenvalue weighted by Gasteiger charge is -2.47. The van der Waals surface area contributed by atoms with Gasteiger partial charge in [0.25, 0.3) is 0 Å². The first-order chi connectivity index (χ1) is 24.4. The third-order valence-corrected chi connectivity index (χ3v) is 15.0. The van der Waals surface area contributed by atoms with Crippen molar-refractivity contribution in [1.82, 2.24) is 0 Å². The summed E-state index contributed by atoms with van der Waals surface area (Å²) >= 11 is 0. The largest absolute Gasteiger partial charge is 0.332 e. The van der Waals surface area contributed by atoms with Crippen LogP contribution in [-0.2, 0) is 27.1 Å². The van der Waals surface area contributed by atoms with E-state index < -0.39 is 17.2 Å². The molecule has 0 aromatic rings. The monoisotopic (exact) mass is 757 g/mol. The summed E-state index contributed by atoms with van der Waals surface area (Å²) in [6.45, 7) is 21.2. The molecule has 51 heavy (non-hydrogen) atoms. The van der Waals surface area contributed by atoms with Crippen LogP contribution in [0.1, 0.15) is 197 Å². The van der Waals surface area contributed by atoms with Crippen LogP contribution in [0, 0.1) is 39.9 Å². The summed E-state index contributed by atoms with van der Waals surface area (Å²) < 4.78 is 38.7. The molecule has 6 nitrogen and oxygen atoms in total. The van der Waals surface area contributed by atoms with Gasteiger partial charge in [0.2, 0.25) is 0 Å². The van der Waals surface area contributed by atoms with Crippen LogP contribution >= 0.6 is 17.2 Å². The smallest absolute Gasteiger partial charge is 0.311 e. The lowest BCUT2D eigenvalue weighted by atomic mass is 9.67. The molecule has 2 saturated heterocycles. The van der Waals surface area contributed by atoms with Crippen LogP contribution in [0.4, 0.5) is 0 Å². The van der Waals surface area contributed by atoms with Gasteiger partial charge >= 0.3 is 17.2 Å². The molecule has 1 spiro atoms. The van der Waals surface area contributed by atoms with Crippen LogP contribution < -0.4 is 0 Å². The molecule has 0 amide bonds. The molecule has 2 saturated carbocycles. The fourth-order valence-electron chi connectivity index (χ4n) is 9.27. The van der Waals surface area contributed by atoms with Crippen LogP contribution in [0.15, 0.2) is 0 Å². The number of hydrogen-bond donors (Lipinski definition) is 0. The second-order valence-electron chi connectivity index (χ2n) is 19.5. The molecule has 4 aliphatic rings. The highest BCUT2D eigenvalue weighted by Crippen LogP contribution is 2.57. The van der Waals surface area contributed by atoms with Crippen LogP contribution in [0.25, 0.3) is 0 Å². The lowest BCUT2D eigenvalue weighted by Crippen LogP contribution is -2.46. The van der Waals surface area contributed by atoms with Crippen LogP contribution in [0.5, 0.6) is 0 Å². The highest BCUT2D eigenvalue weighted by molar-refractivity contribution is 7.42. The van der Waals surface area contributed by atoms with Gasteiger partial charge in [-0.3, -0.25) is 0 Å². The first-order valence-corrected chi connectivity index (χ1v) is 24.1. The standard InChI is InChI=1S/C43H82O6P2/c1-9-11-13-15-17-19-21-23-35-25-27-39(37(29-35)41(3,4)5)48-50-44-31-43(32-45-50)33-46-51(47-34-43)49-40-28-26-36(30-38(40)42(6,7)8)24-22-20-18-16-14-12-10-2/h35-40H,9-34H2,1-8H3. The fourth-order valence-corrected chi connectivity index (χ4v) is 12.1. The highest BCUT2D eigenvalue weighted by Gasteiger charge is 2.48. The van der Waals surface area contributed by atoms with E-state index in [1.54, 1.807) is 0 Å². The zero-order valence-electron chi connectivity index (χ0n) is 34.7. The Morgan fingerprint density at radius 1 is 0.490 bits per heavy atom. The van der Waals surface area contributed by atoms with E-state index in [-0.39, 0.29) is 28.5 Å². The molecule has 6 atom stereocenters. The van der Waals surface area contributed by atoms with Crippen molar-refractivity contribution >= 4 is 17.2 Å². The van der Waals surface area contributed by atoms with Gasteiger partial charge < -0.3 is 27.1 Å². The first-order valence-electron chi connectivity index (χ1n) is 21.9. The van der Waals surface area contributed by atoms with Crippen molar-refractivity contribution < 1.29 is 27.1 Å². The molecule has 4 rings (SSSR count). The minimum Gasteiger partial charge on any atom is -0.311 e. The summed E-state index contributed by atoms with van der Waals surface area (Å²) in [6.07, 6.45) is 29.9. The average Bonchev–Trinajstić information content (AvgIpc) is 3.10. The maximum absolute atomic E-state index is 6.68. The van der Waals surface area contributed by atoms with Crippen molar-refractivity contribution in [3.05, 3.63) is 0 Å². The number of rotatable bonds is 20. The normalized spacial score (nSPS) is 33.9. The summed E-state index contributed by atoms with van der Waals surface area (Å²) in [6, 6.07) is 0. The molecular weight excluding hydrogens is 674 g/mol. The van der Waals surface area contributed by atoms with Crippen LogP contribution in [0.3, 0.4) is 0 Å². The minimum atomic E-state index is -1.35. The molecule has 6 unspecified atom stereocenters. The second-order valence-corrected chi connectivity index (χ2v) is 21.8. The molecular formula is C43H82O6P2. The number of unbranched alkanes of at least 4 members (excludes halogenated alkanes) is 12. The van der Waals surface area contributed by atoms with E-state index in [0.717, 1.165) is 24.7 Å². The summed E-state index contributed by atoms with van der Waals surface area (Å²) in [4.78, 5) is 0. The van der Waals surface area contributed by atoms with E-state index in [2.05, 4.69) is 55.4 Å². The van der Waals surface area contributed by atoms with Gasteiger partial charge in [-0.2, -0.15) is 0 Å².